The number of amides is 1. The van der Waals surface area contributed by atoms with Crippen molar-refractivity contribution in [1.82, 2.24) is 5.32 Å². The van der Waals surface area contributed by atoms with Crippen LogP contribution in [0.15, 0.2) is 30.3 Å². The van der Waals surface area contributed by atoms with E-state index in [-0.39, 0.29) is 25.9 Å². The average Bonchev–Trinajstić information content (AvgIpc) is 2.60. The van der Waals surface area contributed by atoms with Crippen molar-refractivity contribution in [2.45, 2.75) is 44.6 Å². The summed E-state index contributed by atoms with van der Waals surface area (Å²) in [6.07, 6.45) is 2.32. The van der Waals surface area contributed by atoms with E-state index in [1.165, 1.54) is 0 Å². The summed E-state index contributed by atoms with van der Waals surface area (Å²) in [7, 11) is 0. The predicted octanol–water partition coefficient (Wildman–Crippen LogP) is 2.74. The Hall–Kier alpha value is -2.10. The fourth-order valence-electron chi connectivity index (χ4n) is 2.26. The van der Waals surface area contributed by atoms with Crippen LogP contribution >= 0.6 is 0 Å². The molecule has 23 heavy (non-hydrogen) atoms. The van der Waals surface area contributed by atoms with Gasteiger partial charge >= 0.3 is 6.09 Å². The number of nitriles is 1. The lowest BCUT2D eigenvalue weighted by Gasteiger charge is -2.25. The first-order valence-electron chi connectivity index (χ1n) is 7.85. The highest BCUT2D eigenvalue weighted by Gasteiger charge is 2.18. The molecule has 2 atom stereocenters. The molecule has 0 bridgehead atoms. The van der Waals surface area contributed by atoms with Gasteiger partial charge in [-0.05, 0) is 24.8 Å². The van der Waals surface area contributed by atoms with Gasteiger partial charge in [0.05, 0.1) is 25.1 Å². The maximum atomic E-state index is 11.8. The minimum absolute atomic E-state index is 0.160. The highest BCUT2D eigenvalue weighted by Crippen LogP contribution is 2.14. The molecule has 1 aliphatic rings. The number of ether oxygens (including phenoxy) is 3. The van der Waals surface area contributed by atoms with Crippen LogP contribution in [0, 0.1) is 11.3 Å². The van der Waals surface area contributed by atoms with Crippen molar-refractivity contribution in [2.75, 3.05) is 13.2 Å². The molecule has 1 aromatic carbocycles. The number of hydrogen-bond acceptors (Lipinski definition) is 5. The normalized spacial score (nSPS) is 18.7. The lowest BCUT2D eigenvalue weighted by molar-refractivity contribution is -0.165. The van der Waals surface area contributed by atoms with Crippen molar-refractivity contribution in [2.24, 2.45) is 0 Å². The summed E-state index contributed by atoms with van der Waals surface area (Å²) < 4.78 is 16.2. The molecule has 6 nitrogen and oxygen atoms in total. The van der Waals surface area contributed by atoms with E-state index in [2.05, 4.69) is 5.32 Å². The van der Waals surface area contributed by atoms with Crippen LogP contribution in [0.4, 0.5) is 4.79 Å². The first kappa shape index (κ1) is 17.3. The Morgan fingerprint density at radius 1 is 1.39 bits per heavy atom. The van der Waals surface area contributed by atoms with Gasteiger partial charge in [-0.15, -0.1) is 0 Å². The Kier molecular flexibility index (Phi) is 7.37. The third-order valence-corrected chi connectivity index (χ3v) is 3.49. The van der Waals surface area contributed by atoms with Gasteiger partial charge in [0, 0.05) is 6.61 Å². The van der Waals surface area contributed by atoms with Crippen LogP contribution in [0.2, 0.25) is 0 Å². The monoisotopic (exact) mass is 318 g/mol. The number of carbonyl (C=O) groups is 1. The van der Waals surface area contributed by atoms with Crippen LogP contribution in [-0.2, 0) is 20.8 Å². The molecular weight excluding hydrogens is 296 g/mol. The van der Waals surface area contributed by atoms with Crippen molar-refractivity contribution < 1.29 is 19.0 Å². The number of carbonyl (C=O) groups excluding carboxylic acids is 1. The minimum Gasteiger partial charge on any atom is -0.445 e. The van der Waals surface area contributed by atoms with Gasteiger partial charge in [-0.2, -0.15) is 5.26 Å². The first-order chi connectivity index (χ1) is 11.3. The average molecular weight is 318 g/mol. The van der Waals surface area contributed by atoms with Gasteiger partial charge in [0.25, 0.3) is 0 Å². The minimum atomic E-state index is -0.553. The first-order valence-corrected chi connectivity index (χ1v) is 7.85. The van der Waals surface area contributed by atoms with Crippen LogP contribution in [0.5, 0.6) is 0 Å². The highest BCUT2D eigenvalue weighted by atomic mass is 16.7. The summed E-state index contributed by atoms with van der Waals surface area (Å²) in [4.78, 5) is 11.8. The summed E-state index contributed by atoms with van der Waals surface area (Å²) in [5.41, 5.74) is 0.909. The van der Waals surface area contributed by atoms with E-state index in [1.807, 2.05) is 36.4 Å². The summed E-state index contributed by atoms with van der Waals surface area (Å²) >= 11 is 0. The number of hydrogen-bond donors (Lipinski definition) is 1. The molecule has 0 saturated carbocycles. The molecule has 0 radical (unpaired) electrons. The Morgan fingerprint density at radius 3 is 2.91 bits per heavy atom. The number of nitrogens with zero attached hydrogens (tertiary/aromatic N) is 1. The van der Waals surface area contributed by atoms with Gasteiger partial charge in [0.15, 0.2) is 6.29 Å². The molecule has 1 aromatic rings. The van der Waals surface area contributed by atoms with Crippen LogP contribution in [0.1, 0.15) is 31.2 Å². The molecule has 1 heterocycles. The second-order valence-electron chi connectivity index (χ2n) is 5.39. The molecule has 6 heteroatoms. The van der Waals surface area contributed by atoms with Gasteiger partial charge in [-0.1, -0.05) is 30.3 Å². The summed E-state index contributed by atoms with van der Waals surface area (Å²) in [5, 5.41) is 11.5. The second kappa shape index (κ2) is 9.82. The SMILES string of the molecule is N#CCC(COC1CCCCO1)NC(=O)OCc1ccccc1. The van der Waals surface area contributed by atoms with E-state index >= 15 is 0 Å². The van der Waals surface area contributed by atoms with Crippen molar-refractivity contribution in [1.29, 1.82) is 5.26 Å². The largest absolute Gasteiger partial charge is 0.445 e. The number of alkyl carbamates (subject to hydrolysis) is 1. The topological polar surface area (TPSA) is 80.6 Å². The molecule has 124 valence electrons. The smallest absolute Gasteiger partial charge is 0.407 e. The van der Waals surface area contributed by atoms with E-state index in [4.69, 9.17) is 19.5 Å². The van der Waals surface area contributed by atoms with E-state index in [9.17, 15) is 4.79 Å². The van der Waals surface area contributed by atoms with Gasteiger partial charge in [-0.25, -0.2) is 4.79 Å². The molecule has 1 saturated heterocycles. The van der Waals surface area contributed by atoms with Gasteiger partial charge in [-0.3, -0.25) is 0 Å². The lowest BCUT2D eigenvalue weighted by Crippen LogP contribution is -2.40. The molecule has 1 N–H and O–H groups in total. The molecule has 1 fully saturated rings. The van der Waals surface area contributed by atoms with Crippen LogP contribution in [-0.4, -0.2) is 31.6 Å². The van der Waals surface area contributed by atoms with Crippen molar-refractivity contribution in [3.8, 4) is 6.07 Å². The number of rotatable bonds is 7. The molecule has 2 unspecified atom stereocenters. The second-order valence-corrected chi connectivity index (χ2v) is 5.39. The van der Waals surface area contributed by atoms with Gasteiger partial charge in [0.2, 0.25) is 0 Å². The molecule has 0 spiro atoms. The fourth-order valence-corrected chi connectivity index (χ4v) is 2.26. The van der Waals surface area contributed by atoms with Gasteiger partial charge < -0.3 is 19.5 Å². The molecule has 1 aliphatic heterocycles. The Morgan fingerprint density at radius 2 is 2.22 bits per heavy atom. The van der Waals surface area contributed by atoms with Crippen molar-refractivity contribution >= 4 is 6.09 Å². The third kappa shape index (κ3) is 6.68. The molecule has 0 aromatic heterocycles. The van der Waals surface area contributed by atoms with E-state index in [0.29, 0.717) is 6.61 Å². The van der Waals surface area contributed by atoms with E-state index in [0.717, 1.165) is 24.8 Å². The molecule has 1 amide bonds. The zero-order valence-electron chi connectivity index (χ0n) is 13.1. The lowest BCUT2D eigenvalue weighted by atomic mass is 10.2. The Labute approximate surface area is 136 Å². The van der Waals surface area contributed by atoms with E-state index in [1.54, 1.807) is 0 Å². The molecular formula is C17H22N2O4. The summed E-state index contributed by atoms with van der Waals surface area (Å²) in [5.74, 6) is 0. The fraction of sp³-hybridized carbons (Fsp3) is 0.529. The van der Waals surface area contributed by atoms with Crippen molar-refractivity contribution in [3.63, 3.8) is 0 Å². The Bertz CT molecular complexity index is 509. The summed E-state index contributed by atoms with van der Waals surface area (Å²) in [6, 6.07) is 11.1. The summed E-state index contributed by atoms with van der Waals surface area (Å²) in [6.45, 7) is 1.12. The maximum absolute atomic E-state index is 11.8. The van der Waals surface area contributed by atoms with E-state index < -0.39 is 12.1 Å². The quantitative estimate of drug-likeness (QED) is 0.836. The third-order valence-electron chi connectivity index (χ3n) is 3.49. The number of benzene rings is 1. The van der Waals surface area contributed by atoms with Crippen LogP contribution in [0.25, 0.3) is 0 Å². The Balaban J connectivity index is 1.71. The van der Waals surface area contributed by atoms with Crippen molar-refractivity contribution in [3.05, 3.63) is 35.9 Å². The molecule has 0 aliphatic carbocycles. The number of nitrogens with one attached hydrogen (secondary N) is 1. The van der Waals surface area contributed by atoms with Gasteiger partial charge in [0.1, 0.15) is 6.61 Å². The zero-order valence-corrected chi connectivity index (χ0v) is 13.1. The van der Waals surface area contributed by atoms with Crippen LogP contribution in [0.3, 0.4) is 0 Å². The molecule has 2 rings (SSSR count). The highest BCUT2D eigenvalue weighted by molar-refractivity contribution is 5.67. The standard InChI is InChI=1S/C17H22N2O4/c18-10-9-15(13-22-16-8-4-5-11-21-16)19-17(20)23-12-14-6-2-1-3-7-14/h1-3,6-7,15-16H,4-5,8-9,11-13H2,(H,19,20). The zero-order chi connectivity index (χ0) is 16.3. The van der Waals surface area contributed by atoms with Crippen LogP contribution < -0.4 is 5.32 Å². The maximum Gasteiger partial charge on any atom is 0.407 e. The predicted molar refractivity (Wildman–Crippen MR) is 83.3 cm³/mol.